The van der Waals surface area contributed by atoms with E-state index in [-0.39, 0.29) is 6.03 Å². The molecule has 6 heteroatoms. The molecule has 0 saturated carbocycles. The van der Waals surface area contributed by atoms with Crippen LogP contribution in [0.2, 0.25) is 0 Å². The Morgan fingerprint density at radius 2 is 2.12 bits per heavy atom. The minimum atomic E-state index is 0.0879. The molecule has 0 radical (unpaired) electrons. The van der Waals surface area contributed by atoms with Crippen molar-refractivity contribution >= 4 is 17.1 Å². The number of para-hydroxylation sites is 2. The minimum absolute atomic E-state index is 0.0879. The third kappa shape index (κ3) is 2.75. The lowest BCUT2D eigenvalue weighted by Crippen LogP contribution is -2.48. The molecular formula is C18H25N5O. The van der Waals surface area contributed by atoms with Crippen LogP contribution in [0.1, 0.15) is 25.1 Å². The Hall–Kier alpha value is -2.08. The van der Waals surface area contributed by atoms with Crippen LogP contribution in [-0.4, -0.2) is 52.2 Å². The summed E-state index contributed by atoms with van der Waals surface area (Å²) in [7, 11) is 2.03. The fourth-order valence-corrected chi connectivity index (χ4v) is 4.11. The molecule has 2 saturated heterocycles. The number of aromatic nitrogens is 2. The van der Waals surface area contributed by atoms with Gasteiger partial charge in [0, 0.05) is 38.6 Å². The number of rotatable bonds is 3. The molecule has 2 bridgehead atoms. The van der Waals surface area contributed by atoms with Crippen molar-refractivity contribution in [1.82, 2.24) is 25.1 Å². The van der Waals surface area contributed by atoms with E-state index in [0.29, 0.717) is 18.6 Å². The first-order valence-electron chi connectivity index (χ1n) is 8.91. The van der Waals surface area contributed by atoms with E-state index in [1.165, 1.54) is 0 Å². The first-order chi connectivity index (χ1) is 11.7. The maximum atomic E-state index is 12.6. The lowest BCUT2D eigenvalue weighted by atomic mass is 10.1. The van der Waals surface area contributed by atoms with Crippen molar-refractivity contribution in [2.45, 2.75) is 37.8 Å². The third-order valence-corrected chi connectivity index (χ3v) is 5.39. The van der Waals surface area contributed by atoms with Gasteiger partial charge in [-0.2, -0.15) is 0 Å². The van der Waals surface area contributed by atoms with Crippen LogP contribution in [0.3, 0.4) is 0 Å². The van der Waals surface area contributed by atoms with Crippen molar-refractivity contribution in [3.05, 3.63) is 30.1 Å². The maximum Gasteiger partial charge on any atom is 0.317 e. The van der Waals surface area contributed by atoms with Gasteiger partial charge < -0.3 is 20.1 Å². The SMILES string of the molecule is Cn1c(CCNC(=O)N2[C@H]3CCNC[C@@H]2CC3)nc2ccccc21. The highest BCUT2D eigenvalue weighted by molar-refractivity contribution is 5.76. The van der Waals surface area contributed by atoms with E-state index in [1.807, 2.05) is 25.2 Å². The van der Waals surface area contributed by atoms with Crippen LogP contribution >= 0.6 is 0 Å². The number of amides is 2. The summed E-state index contributed by atoms with van der Waals surface area (Å²) in [5, 5.41) is 6.54. The molecule has 3 heterocycles. The maximum absolute atomic E-state index is 12.6. The average molecular weight is 327 g/mol. The summed E-state index contributed by atoms with van der Waals surface area (Å²) in [5.41, 5.74) is 2.15. The summed E-state index contributed by atoms with van der Waals surface area (Å²) in [4.78, 5) is 19.4. The number of hydrogen-bond acceptors (Lipinski definition) is 3. The highest BCUT2D eigenvalue weighted by Gasteiger charge is 2.37. The molecule has 2 aliphatic rings. The lowest BCUT2D eigenvalue weighted by molar-refractivity contribution is 0.176. The molecule has 0 unspecified atom stereocenters. The number of aryl methyl sites for hydroxylation is 1. The highest BCUT2D eigenvalue weighted by Crippen LogP contribution is 2.27. The van der Waals surface area contributed by atoms with E-state index in [2.05, 4.69) is 31.2 Å². The molecule has 2 aliphatic heterocycles. The second-order valence-electron chi connectivity index (χ2n) is 6.84. The van der Waals surface area contributed by atoms with Gasteiger partial charge in [-0.25, -0.2) is 9.78 Å². The predicted octanol–water partition coefficient (Wildman–Crippen LogP) is 1.65. The largest absolute Gasteiger partial charge is 0.338 e. The molecule has 128 valence electrons. The number of carbonyl (C=O) groups excluding carboxylic acids is 1. The summed E-state index contributed by atoms with van der Waals surface area (Å²) < 4.78 is 2.11. The quantitative estimate of drug-likeness (QED) is 0.901. The number of nitrogens with zero attached hydrogens (tertiary/aromatic N) is 3. The first-order valence-corrected chi connectivity index (χ1v) is 8.91. The Morgan fingerprint density at radius 1 is 1.29 bits per heavy atom. The van der Waals surface area contributed by atoms with Gasteiger partial charge in [0.15, 0.2) is 0 Å². The number of benzene rings is 1. The molecule has 1 aromatic heterocycles. The van der Waals surface area contributed by atoms with E-state index in [9.17, 15) is 4.79 Å². The number of carbonyl (C=O) groups is 1. The Morgan fingerprint density at radius 3 is 3.00 bits per heavy atom. The Bertz CT molecular complexity index is 726. The molecule has 4 rings (SSSR count). The molecule has 2 atom stereocenters. The van der Waals surface area contributed by atoms with Crippen molar-refractivity contribution in [3.8, 4) is 0 Å². The zero-order valence-corrected chi connectivity index (χ0v) is 14.2. The monoisotopic (exact) mass is 327 g/mol. The van der Waals surface area contributed by atoms with Gasteiger partial charge >= 0.3 is 6.03 Å². The van der Waals surface area contributed by atoms with E-state index in [4.69, 9.17) is 0 Å². The van der Waals surface area contributed by atoms with Gasteiger partial charge in [-0.3, -0.25) is 0 Å². The molecule has 6 nitrogen and oxygen atoms in total. The van der Waals surface area contributed by atoms with Gasteiger partial charge in [0.2, 0.25) is 0 Å². The zero-order chi connectivity index (χ0) is 16.5. The topological polar surface area (TPSA) is 62.2 Å². The van der Waals surface area contributed by atoms with Gasteiger partial charge in [0.05, 0.1) is 11.0 Å². The van der Waals surface area contributed by atoms with Crippen molar-refractivity contribution in [2.24, 2.45) is 7.05 Å². The summed E-state index contributed by atoms with van der Waals surface area (Å²) in [5.74, 6) is 1.01. The summed E-state index contributed by atoms with van der Waals surface area (Å²) >= 11 is 0. The van der Waals surface area contributed by atoms with Crippen LogP contribution in [0.25, 0.3) is 11.0 Å². The van der Waals surface area contributed by atoms with Crippen LogP contribution in [0, 0.1) is 0 Å². The molecule has 0 spiro atoms. The molecule has 2 amide bonds. The van der Waals surface area contributed by atoms with Crippen LogP contribution in [0.5, 0.6) is 0 Å². The van der Waals surface area contributed by atoms with Crippen molar-refractivity contribution < 1.29 is 4.79 Å². The highest BCUT2D eigenvalue weighted by atomic mass is 16.2. The number of nitrogens with one attached hydrogen (secondary N) is 2. The molecule has 24 heavy (non-hydrogen) atoms. The van der Waals surface area contributed by atoms with Crippen LogP contribution in [-0.2, 0) is 13.5 Å². The van der Waals surface area contributed by atoms with Crippen LogP contribution in [0.4, 0.5) is 4.79 Å². The van der Waals surface area contributed by atoms with Gasteiger partial charge in [0.25, 0.3) is 0 Å². The van der Waals surface area contributed by atoms with E-state index in [1.54, 1.807) is 0 Å². The molecule has 2 fully saturated rings. The summed E-state index contributed by atoms with van der Waals surface area (Å²) in [6, 6.07) is 8.98. The third-order valence-electron chi connectivity index (χ3n) is 5.39. The summed E-state index contributed by atoms with van der Waals surface area (Å²) in [6.45, 7) is 2.57. The Kier molecular flexibility index (Phi) is 4.14. The molecule has 0 aliphatic carbocycles. The lowest BCUT2D eigenvalue weighted by Gasteiger charge is -2.28. The average Bonchev–Trinajstić information content (AvgIpc) is 3.03. The van der Waals surface area contributed by atoms with Crippen LogP contribution < -0.4 is 10.6 Å². The fraction of sp³-hybridized carbons (Fsp3) is 0.556. The number of hydrogen-bond donors (Lipinski definition) is 2. The van der Waals surface area contributed by atoms with Crippen molar-refractivity contribution in [3.63, 3.8) is 0 Å². The second-order valence-corrected chi connectivity index (χ2v) is 6.84. The normalized spacial score (nSPS) is 23.5. The second kappa shape index (κ2) is 6.43. The van der Waals surface area contributed by atoms with E-state index in [0.717, 1.165) is 55.6 Å². The minimum Gasteiger partial charge on any atom is -0.338 e. The first kappa shape index (κ1) is 15.4. The van der Waals surface area contributed by atoms with Gasteiger partial charge in [-0.05, 0) is 37.9 Å². The predicted molar refractivity (Wildman–Crippen MR) is 94.0 cm³/mol. The number of imidazole rings is 1. The Balaban J connectivity index is 1.38. The standard InChI is InChI=1S/C18H25N5O/c1-22-16-5-3-2-4-15(16)21-17(22)9-11-20-18(24)23-13-6-7-14(23)12-19-10-8-13/h2-5,13-14,19H,6-12H2,1H3,(H,20,24)/t13-,14+/m1/s1. The fourth-order valence-electron chi connectivity index (χ4n) is 4.11. The van der Waals surface area contributed by atoms with Gasteiger partial charge in [-0.1, -0.05) is 12.1 Å². The van der Waals surface area contributed by atoms with Crippen molar-refractivity contribution in [2.75, 3.05) is 19.6 Å². The van der Waals surface area contributed by atoms with Gasteiger partial charge in [-0.15, -0.1) is 0 Å². The number of urea groups is 1. The van der Waals surface area contributed by atoms with E-state index < -0.39 is 0 Å². The molecule has 1 aromatic carbocycles. The molecular weight excluding hydrogens is 302 g/mol. The number of fused-ring (bicyclic) bond motifs is 3. The van der Waals surface area contributed by atoms with E-state index >= 15 is 0 Å². The van der Waals surface area contributed by atoms with Crippen LogP contribution in [0.15, 0.2) is 24.3 Å². The smallest absolute Gasteiger partial charge is 0.317 e. The molecule has 2 N–H and O–H groups in total. The van der Waals surface area contributed by atoms with Crippen molar-refractivity contribution in [1.29, 1.82) is 0 Å². The Labute approximate surface area is 142 Å². The zero-order valence-electron chi connectivity index (χ0n) is 14.2. The van der Waals surface area contributed by atoms with Gasteiger partial charge in [0.1, 0.15) is 5.82 Å². The molecule has 2 aromatic rings. The summed E-state index contributed by atoms with van der Waals surface area (Å²) in [6.07, 6.45) is 4.08.